The van der Waals surface area contributed by atoms with Crippen molar-refractivity contribution in [2.24, 2.45) is 13.0 Å². The van der Waals surface area contributed by atoms with E-state index in [1.165, 1.54) is 0 Å². The number of nitrogens with one attached hydrogen (secondary N) is 1. The Morgan fingerprint density at radius 3 is 2.52 bits per heavy atom. The highest BCUT2D eigenvalue weighted by Crippen LogP contribution is 2.27. The van der Waals surface area contributed by atoms with Crippen molar-refractivity contribution in [3.05, 3.63) is 63.6 Å². The second-order valence-corrected chi connectivity index (χ2v) is 7.44. The number of carbonyl (C=O) groups excluding carboxylic acids is 2. The van der Waals surface area contributed by atoms with Gasteiger partial charge in [0.05, 0.1) is 0 Å². The monoisotopic (exact) mass is 365 g/mol. The molecular formula is C21H23N3O3. The van der Waals surface area contributed by atoms with E-state index < -0.39 is 0 Å². The number of anilines is 1. The molecule has 0 atom stereocenters. The summed E-state index contributed by atoms with van der Waals surface area (Å²) in [5, 5.41) is 2.92. The van der Waals surface area contributed by atoms with Crippen LogP contribution in [-0.4, -0.2) is 27.8 Å². The van der Waals surface area contributed by atoms with Crippen LogP contribution in [-0.2, 0) is 24.8 Å². The fourth-order valence-electron chi connectivity index (χ4n) is 3.61. The van der Waals surface area contributed by atoms with Gasteiger partial charge in [-0.2, -0.15) is 0 Å². The van der Waals surface area contributed by atoms with E-state index in [4.69, 9.17) is 0 Å². The smallest absolute Gasteiger partial charge is 0.254 e. The van der Waals surface area contributed by atoms with Crippen LogP contribution in [0.3, 0.4) is 0 Å². The molecule has 2 aromatic rings. The first-order chi connectivity index (χ1) is 13.0. The molecule has 0 saturated heterocycles. The van der Waals surface area contributed by atoms with Gasteiger partial charge in [-0.25, -0.2) is 0 Å². The number of pyridine rings is 1. The van der Waals surface area contributed by atoms with Crippen molar-refractivity contribution in [1.82, 2.24) is 9.47 Å². The first-order valence-electron chi connectivity index (χ1n) is 9.40. The number of hydrogen-bond donors (Lipinski definition) is 1. The van der Waals surface area contributed by atoms with Crippen molar-refractivity contribution in [2.75, 3.05) is 11.9 Å². The van der Waals surface area contributed by atoms with E-state index in [0.29, 0.717) is 25.1 Å². The number of aromatic nitrogens is 1. The number of aryl methyl sites for hydroxylation is 1. The summed E-state index contributed by atoms with van der Waals surface area (Å²) in [6.07, 6.45) is 5.55. The lowest BCUT2D eigenvalue weighted by Gasteiger charge is -2.29. The Balaban J connectivity index is 1.44. The Morgan fingerprint density at radius 1 is 1.11 bits per heavy atom. The lowest BCUT2D eigenvalue weighted by molar-refractivity contribution is -0.122. The van der Waals surface area contributed by atoms with Gasteiger partial charge in [0.15, 0.2) is 0 Å². The zero-order valence-corrected chi connectivity index (χ0v) is 15.4. The molecule has 1 fully saturated rings. The van der Waals surface area contributed by atoms with Crippen LogP contribution >= 0.6 is 0 Å². The van der Waals surface area contributed by atoms with Gasteiger partial charge in [-0.3, -0.25) is 14.4 Å². The molecule has 140 valence electrons. The average molecular weight is 365 g/mol. The molecule has 2 amide bonds. The van der Waals surface area contributed by atoms with Gasteiger partial charge in [0.25, 0.3) is 11.5 Å². The molecule has 4 rings (SSSR count). The normalized spacial score (nSPS) is 16.4. The summed E-state index contributed by atoms with van der Waals surface area (Å²) < 4.78 is 1.55. The minimum atomic E-state index is -0.0358. The van der Waals surface area contributed by atoms with Crippen LogP contribution in [0.15, 0.2) is 41.3 Å². The summed E-state index contributed by atoms with van der Waals surface area (Å²) in [6.45, 7) is 1.10. The second kappa shape index (κ2) is 7.02. The largest absolute Gasteiger partial charge is 0.334 e. The van der Waals surface area contributed by atoms with Crippen LogP contribution < -0.4 is 10.9 Å². The van der Waals surface area contributed by atoms with Gasteiger partial charge in [0.2, 0.25) is 5.91 Å². The molecule has 1 aliphatic heterocycles. The molecule has 1 N–H and O–H groups in total. The minimum Gasteiger partial charge on any atom is -0.334 e. The number of rotatable bonds is 3. The Kier molecular flexibility index (Phi) is 4.56. The second-order valence-electron chi connectivity index (χ2n) is 7.44. The number of amides is 2. The van der Waals surface area contributed by atoms with E-state index in [-0.39, 0.29) is 23.3 Å². The number of benzene rings is 1. The number of carbonyl (C=O) groups is 2. The van der Waals surface area contributed by atoms with Crippen molar-refractivity contribution < 1.29 is 9.59 Å². The van der Waals surface area contributed by atoms with Crippen molar-refractivity contribution >= 4 is 17.5 Å². The third-order valence-corrected chi connectivity index (χ3v) is 5.58. The van der Waals surface area contributed by atoms with E-state index in [0.717, 1.165) is 36.1 Å². The van der Waals surface area contributed by atoms with Gasteiger partial charge in [0, 0.05) is 49.6 Å². The molecule has 1 aliphatic carbocycles. The van der Waals surface area contributed by atoms with Gasteiger partial charge in [-0.1, -0.05) is 6.42 Å². The van der Waals surface area contributed by atoms with E-state index in [9.17, 15) is 14.4 Å². The Morgan fingerprint density at radius 2 is 1.85 bits per heavy atom. The first kappa shape index (κ1) is 17.5. The molecule has 2 heterocycles. The van der Waals surface area contributed by atoms with Gasteiger partial charge in [-0.05, 0) is 54.7 Å². The maximum Gasteiger partial charge on any atom is 0.254 e. The predicted molar refractivity (Wildman–Crippen MR) is 103 cm³/mol. The molecule has 0 radical (unpaired) electrons. The highest BCUT2D eigenvalue weighted by atomic mass is 16.2. The van der Waals surface area contributed by atoms with E-state index in [1.54, 1.807) is 46.8 Å². The lowest BCUT2D eigenvalue weighted by Crippen LogP contribution is -2.37. The Labute approximate surface area is 157 Å². The van der Waals surface area contributed by atoms with Crippen molar-refractivity contribution in [2.45, 2.75) is 32.2 Å². The molecule has 0 bridgehead atoms. The molecule has 1 aromatic heterocycles. The molecule has 1 aromatic carbocycles. The predicted octanol–water partition coefficient (Wildman–Crippen LogP) is 2.32. The molecule has 0 spiro atoms. The SMILES string of the molecule is Cn1cc2c(cc1=O)CCN(C(=O)c1ccc(NC(=O)C3CCC3)cc1)C2. The van der Waals surface area contributed by atoms with Crippen LogP contribution in [0.4, 0.5) is 5.69 Å². The maximum absolute atomic E-state index is 12.8. The molecule has 2 aliphatic rings. The molecule has 1 saturated carbocycles. The first-order valence-corrected chi connectivity index (χ1v) is 9.40. The fourth-order valence-corrected chi connectivity index (χ4v) is 3.61. The number of hydrogen-bond acceptors (Lipinski definition) is 3. The third kappa shape index (κ3) is 3.52. The van der Waals surface area contributed by atoms with Crippen molar-refractivity contribution in [3.63, 3.8) is 0 Å². The number of fused-ring (bicyclic) bond motifs is 1. The maximum atomic E-state index is 12.8. The van der Waals surface area contributed by atoms with Crippen LogP contribution in [0.2, 0.25) is 0 Å². The van der Waals surface area contributed by atoms with E-state index >= 15 is 0 Å². The molecule has 6 heteroatoms. The number of nitrogens with zero attached hydrogens (tertiary/aromatic N) is 2. The van der Waals surface area contributed by atoms with Crippen LogP contribution in [0.25, 0.3) is 0 Å². The topological polar surface area (TPSA) is 71.4 Å². The highest BCUT2D eigenvalue weighted by molar-refractivity contribution is 5.96. The summed E-state index contributed by atoms with van der Waals surface area (Å²) in [5.74, 6) is 0.167. The highest BCUT2D eigenvalue weighted by Gasteiger charge is 2.25. The van der Waals surface area contributed by atoms with Crippen LogP contribution in [0, 0.1) is 5.92 Å². The quantitative estimate of drug-likeness (QED) is 0.907. The van der Waals surface area contributed by atoms with Gasteiger partial charge in [0.1, 0.15) is 0 Å². The summed E-state index contributed by atoms with van der Waals surface area (Å²) in [6, 6.07) is 8.75. The zero-order chi connectivity index (χ0) is 19.0. The summed E-state index contributed by atoms with van der Waals surface area (Å²) in [7, 11) is 1.72. The van der Waals surface area contributed by atoms with Gasteiger partial charge in [-0.15, -0.1) is 0 Å². The van der Waals surface area contributed by atoms with Crippen LogP contribution in [0.1, 0.15) is 40.7 Å². The van der Waals surface area contributed by atoms with E-state index in [1.807, 2.05) is 6.20 Å². The minimum absolute atomic E-state index is 0.0203. The molecule has 0 unspecified atom stereocenters. The van der Waals surface area contributed by atoms with E-state index in [2.05, 4.69) is 5.32 Å². The van der Waals surface area contributed by atoms with Gasteiger partial charge < -0.3 is 14.8 Å². The molecule has 6 nitrogen and oxygen atoms in total. The molecule has 27 heavy (non-hydrogen) atoms. The average Bonchev–Trinajstić information content (AvgIpc) is 2.61. The fraction of sp³-hybridized carbons (Fsp3) is 0.381. The molecular weight excluding hydrogens is 342 g/mol. The Hall–Kier alpha value is -2.89. The lowest BCUT2D eigenvalue weighted by atomic mass is 9.85. The Bertz CT molecular complexity index is 942. The zero-order valence-electron chi connectivity index (χ0n) is 15.4. The summed E-state index contributed by atoms with van der Waals surface area (Å²) >= 11 is 0. The summed E-state index contributed by atoms with van der Waals surface area (Å²) in [5.41, 5.74) is 3.35. The standard InChI is InChI=1S/C21H23N3O3/c1-23-12-17-13-24(10-9-16(17)11-19(23)25)21(27)15-5-7-18(8-6-15)22-20(26)14-3-2-4-14/h5-8,11-12,14H,2-4,9-10,13H2,1H3,(H,22,26). The summed E-state index contributed by atoms with van der Waals surface area (Å²) in [4.78, 5) is 38.4. The third-order valence-electron chi connectivity index (χ3n) is 5.58. The van der Waals surface area contributed by atoms with Crippen molar-refractivity contribution in [1.29, 1.82) is 0 Å². The van der Waals surface area contributed by atoms with Gasteiger partial charge >= 0.3 is 0 Å². The van der Waals surface area contributed by atoms with Crippen LogP contribution in [0.5, 0.6) is 0 Å². The van der Waals surface area contributed by atoms with Crippen molar-refractivity contribution in [3.8, 4) is 0 Å².